The molecule has 1 aromatic heterocycles. The number of aryl methyl sites for hydroxylation is 1. The van der Waals surface area contributed by atoms with Gasteiger partial charge in [0.05, 0.1) is 5.38 Å². The maximum Gasteiger partial charge on any atom is 0.234 e. The van der Waals surface area contributed by atoms with E-state index in [1.807, 2.05) is 11.3 Å². The number of thiazole rings is 1. The Morgan fingerprint density at radius 3 is 2.30 bits per heavy atom. The van der Waals surface area contributed by atoms with E-state index in [-0.39, 0.29) is 0 Å². The first-order valence-corrected chi connectivity index (χ1v) is 4.45. The van der Waals surface area contributed by atoms with E-state index in [0.29, 0.717) is 5.92 Å². The van der Waals surface area contributed by atoms with Crippen LogP contribution in [0.25, 0.3) is 0 Å². The summed E-state index contributed by atoms with van der Waals surface area (Å²) in [6.45, 7) is 6.60. The highest BCUT2D eigenvalue weighted by Gasteiger charge is 2.14. The summed E-state index contributed by atoms with van der Waals surface area (Å²) in [5, 5.41) is 3.61. The van der Waals surface area contributed by atoms with Crippen LogP contribution in [0.1, 0.15) is 30.5 Å². The lowest BCUT2D eigenvalue weighted by Gasteiger charge is -1.95. The molecule has 0 saturated heterocycles. The highest BCUT2D eigenvalue weighted by atomic mass is 32.1. The Bertz CT molecular complexity index is 225. The van der Waals surface area contributed by atoms with Crippen molar-refractivity contribution in [1.82, 2.24) is 0 Å². The van der Waals surface area contributed by atoms with Gasteiger partial charge in [-0.05, 0) is 0 Å². The van der Waals surface area contributed by atoms with Crippen LogP contribution in [-0.4, -0.2) is 0 Å². The smallest absolute Gasteiger partial charge is 0.193 e. The fourth-order valence-electron chi connectivity index (χ4n) is 1.01. The molecular formula is C8H14NS+. The maximum atomic E-state index is 2.26. The molecule has 0 saturated carbocycles. The number of hydrogen-bond donors (Lipinski definition) is 0. The molecule has 0 unspecified atom stereocenters. The Morgan fingerprint density at radius 1 is 1.50 bits per heavy atom. The molecule has 0 amide bonds. The zero-order valence-electron chi connectivity index (χ0n) is 7.01. The summed E-state index contributed by atoms with van der Waals surface area (Å²) in [5.74, 6) is 0.648. The van der Waals surface area contributed by atoms with E-state index in [1.54, 1.807) is 0 Å². The average Bonchev–Trinajstić information content (AvgIpc) is 2.14. The first-order chi connectivity index (χ1) is 4.63. The lowest BCUT2D eigenvalue weighted by Crippen LogP contribution is -2.33. The fraction of sp³-hybridized carbons (Fsp3) is 0.625. The molecule has 1 nitrogen and oxygen atoms in total. The number of nitrogens with zero attached hydrogens (tertiary/aromatic N) is 1. The van der Waals surface area contributed by atoms with Crippen molar-refractivity contribution in [1.29, 1.82) is 0 Å². The standard InChI is InChI=1S/C8H14NS/c1-6(2)8-5-10-7(3)9(8)4/h5-6H,1-4H3/q+1. The monoisotopic (exact) mass is 156 g/mol. The van der Waals surface area contributed by atoms with Gasteiger partial charge >= 0.3 is 0 Å². The van der Waals surface area contributed by atoms with Crippen LogP contribution in [0.3, 0.4) is 0 Å². The van der Waals surface area contributed by atoms with E-state index in [1.165, 1.54) is 10.7 Å². The van der Waals surface area contributed by atoms with Gasteiger partial charge in [-0.2, -0.15) is 4.57 Å². The largest absolute Gasteiger partial charge is 0.234 e. The van der Waals surface area contributed by atoms with Gasteiger partial charge < -0.3 is 0 Å². The third-order valence-corrected chi connectivity index (χ3v) is 2.78. The van der Waals surface area contributed by atoms with E-state index in [2.05, 4.69) is 37.8 Å². The van der Waals surface area contributed by atoms with E-state index < -0.39 is 0 Å². The molecule has 0 bridgehead atoms. The molecule has 0 atom stereocenters. The van der Waals surface area contributed by atoms with Crippen LogP contribution in [0.5, 0.6) is 0 Å². The molecule has 1 rings (SSSR count). The van der Waals surface area contributed by atoms with Gasteiger partial charge in [0, 0.05) is 12.8 Å². The van der Waals surface area contributed by atoms with Gasteiger partial charge in [-0.1, -0.05) is 25.2 Å². The topological polar surface area (TPSA) is 3.88 Å². The first kappa shape index (κ1) is 7.73. The van der Waals surface area contributed by atoms with Gasteiger partial charge in [-0.3, -0.25) is 0 Å². The van der Waals surface area contributed by atoms with Crippen molar-refractivity contribution in [2.24, 2.45) is 7.05 Å². The zero-order chi connectivity index (χ0) is 7.72. The van der Waals surface area contributed by atoms with E-state index in [0.717, 1.165) is 0 Å². The minimum atomic E-state index is 0.648. The summed E-state index contributed by atoms with van der Waals surface area (Å²) in [4.78, 5) is 0. The Balaban J connectivity index is 3.05. The molecule has 0 aliphatic rings. The Hall–Kier alpha value is -0.370. The van der Waals surface area contributed by atoms with Gasteiger partial charge in [0.15, 0.2) is 5.69 Å². The van der Waals surface area contributed by atoms with Crippen molar-refractivity contribution in [2.45, 2.75) is 26.7 Å². The summed E-state index contributed by atoms with van der Waals surface area (Å²) in [7, 11) is 2.13. The second kappa shape index (κ2) is 2.70. The molecule has 0 radical (unpaired) electrons. The molecule has 1 aromatic rings. The summed E-state index contributed by atoms with van der Waals surface area (Å²) in [6.07, 6.45) is 0. The second-order valence-corrected chi connectivity index (χ2v) is 3.96. The minimum absolute atomic E-state index is 0.648. The summed E-state index contributed by atoms with van der Waals surface area (Å²) in [6, 6.07) is 0. The third-order valence-electron chi connectivity index (χ3n) is 1.80. The second-order valence-electron chi connectivity index (χ2n) is 2.89. The lowest BCUT2D eigenvalue weighted by atomic mass is 10.1. The normalized spacial score (nSPS) is 10.9. The van der Waals surface area contributed by atoms with Crippen molar-refractivity contribution in [3.8, 4) is 0 Å². The van der Waals surface area contributed by atoms with E-state index in [4.69, 9.17) is 0 Å². The van der Waals surface area contributed by atoms with E-state index in [9.17, 15) is 0 Å². The Labute approximate surface area is 66.3 Å². The Morgan fingerprint density at radius 2 is 2.10 bits per heavy atom. The Kier molecular flexibility index (Phi) is 2.09. The van der Waals surface area contributed by atoms with Gasteiger partial charge in [0.2, 0.25) is 5.01 Å². The minimum Gasteiger partial charge on any atom is -0.193 e. The molecule has 0 aromatic carbocycles. The summed E-state index contributed by atoms with van der Waals surface area (Å²) < 4.78 is 2.26. The van der Waals surface area contributed by atoms with Crippen LogP contribution >= 0.6 is 11.3 Å². The van der Waals surface area contributed by atoms with Crippen molar-refractivity contribution in [3.05, 3.63) is 16.1 Å². The fourth-order valence-corrected chi connectivity index (χ4v) is 1.99. The van der Waals surface area contributed by atoms with Gasteiger partial charge in [0.1, 0.15) is 7.05 Å². The SMILES string of the molecule is Cc1scc(C(C)C)[n+]1C. The summed E-state index contributed by atoms with van der Waals surface area (Å²) in [5.41, 5.74) is 1.43. The molecule has 0 N–H and O–H groups in total. The molecule has 0 aliphatic heterocycles. The molecule has 0 aliphatic carbocycles. The van der Waals surface area contributed by atoms with E-state index >= 15 is 0 Å². The van der Waals surface area contributed by atoms with Crippen LogP contribution in [0.2, 0.25) is 0 Å². The molecule has 1 heterocycles. The third kappa shape index (κ3) is 1.21. The molecule has 2 heteroatoms. The van der Waals surface area contributed by atoms with Crippen LogP contribution in [0.4, 0.5) is 0 Å². The van der Waals surface area contributed by atoms with Gasteiger partial charge in [-0.25, -0.2) is 0 Å². The number of rotatable bonds is 1. The number of hydrogen-bond acceptors (Lipinski definition) is 1. The lowest BCUT2D eigenvalue weighted by molar-refractivity contribution is -0.681. The quantitative estimate of drug-likeness (QED) is 0.548. The van der Waals surface area contributed by atoms with Gasteiger partial charge in [0.25, 0.3) is 0 Å². The zero-order valence-corrected chi connectivity index (χ0v) is 7.83. The van der Waals surface area contributed by atoms with Crippen LogP contribution in [0, 0.1) is 6.92 Å². The summed E-state index contributed by atoms with van der Waals surface area (Å²) >= 11 is 1.82. The molecule has 0 fully saturated rings. The molecule has 56 valence electrons. The van der Waals surface area contributed by atoms with Crippen molar-refractivity contribution in [3.63, 3.8) is 0 Å². The first-order valence-electron chi connectivity index (χ1n) is 3.57. The highest BCUT2D eigenvalue weighted by molar-refractivity contribution is 7.09. The van der Waals surface area contributed by atoms with Crippen LogP contribution in [-0.2, 0) is 7.05 Å². The van der Waals surface area contributed by atoms with Crippen LogP contribution in [0.15, 0.2) is 5.38 Å². The molecule has 10 heavy (non-hydrogen) atoms. The predicted octanol–water partition coefficient (Wildman–Crippen LogP) is 2.00. The van der Waals surface area contributed by atoms with Gasteiger partial charge in [-0.15, -0.1) is 0 Å². The average molecular weight is 156 g/mol. The van der Waals surface area contributed by atoms with Crippen molar-refractivity contribution in [2.75, 3.05) is 0 Å². The van der Waals surface area contributed by atoms with Crippen LogP contribution < -0.4 is 4.57 Å². The van der Waals surface area contributed by atoms with Crippen molar-refractivity contribution < 1.29 is 4.57 Å². The number of aromatic nitrogens is 1. The highest BCUT2D eigenvalue weighted by Crippen LogP contribution is 2.13. The molecule has 0 spiro atoms. The maximum absolute atomic E-state index is 2.26. The predicted molar refractivity (Wildman–Crippen MR) is 44.3 cm³/mol. The van der Waals surface area contributed by atoms with Crippen molar-refractivity contribution >= 4 is 11.3 Å². The molecular weight excluding hydrogens is 142 g/mol.